The summed E-state index contributed by atoms with van der Waals surface area (Å²) in [6.45, 7) is 4.43. The molecule has 1 heterocycles. The topological polar surface area (TPSA) is 84.9 Å². The summed E-state index contributed by atoms with van der Waals surface area (Å²) < 4.78 is 38.0. The number of rotatable bonds is 7. The Balaban J connectivity index is 1.95. The van der Waals surface area contributed by atoms with E-state index in [1.54, 1.807) is 27.2 Å². The minimum Gasteiger partial charge on any atom is -0.493 e. The molecule has 1 atom stereocenters. The van der Waals surface area contributed by atoms with E-state index in [0.29, 0.717) is 23.6 Å². The quantitative estimate of drug-likeness (QED) is 0.726. The number of ether oxygens (including phenoxy) is 2. The molecule has 1 aliphatic heterocycles. The summed E-state index contributed by atoms with van der Waals surface area (Å²) in [4.78, 5) is 15.3. The van der Waals surface area contributed by atoms with Crippen molar-refractivity contribution in [3.05, 3.63) is 53.1 Å². The van der Waals surface area contributed by atoms with Crippen molar-refractivity contribution in [2.45, 2.75) is 37.6 Å². The van der Waals surface area contributed by atoms with Gasteiger partial charge >= 0.3 is 0 Å². The molecule has 0 aromatic heterocycles. The average molecular weight is 433 g/mol. The van der Waals surface area contributed by atoms with E-state index in [1.165, 1.54) is 12.1 Å². The number of carbonyl (C=O) groups is 1. The molecule has 1 fully saturated rings. The highest BCUT2D eigenvalue weighted by atomic mass is 32.2. The number of carbonyl (C=O) groups excluding carboxylic acids is 1. The van der Waals surface area contributed by atoms with Crippen LogP contribution in [-0.2, 0) is 10.0 Å². The fourth-order valence-electron chi connectivity index (χ4n) is 3.84. The highest BCUT2D eigenvalue weighted by Crippen LogP contribution is 2.38. The number of hydrogen-bond acceptors (Lipinski definition) is 5. The predicted octanol–water partition coefficient (Wildman–Crippen LogP) is 3.29. The lowest BCUT2D eigenvalue weighted by molar-refractivity contribution is 0.0734. The molecular formula is C22H28N2O5S. The van der Waals surface area contributed by atoms with Crippen molar-refractivity contribution in [1.29, 1.82) is 0 Å². The first-order valence-electron chi connectivity index (χ1n) is 9.95. The van der Waals surface area contributed by atoms with Crippen LogP contribution in [0, 0.1) is 6.92 Å². The molecular weight excluding hydrogens is 404 g/mol. The van der Waals surface area contributed by atoms with Gasteiger partial charge in [0.05, 0.1) is 25.2 Å². The van der Waals surface area contributed by atoms with Crippen molar-refractivity contribution in [3.63, 3.8) is 0 Å². The molecule has 8 heteroatoms. The minimum absolute atomic E-state index is 0.0974. The standard InChI is InChI=1S/C22H28N2O5S/c1-5-23-30(26,27)17-10-8-15(2)18(14-17)22(25)24-12-6-7-19(24)16-9-11-20(28-3)21(13-16)29-4/h8-11,13-14,19,23H,5-7,12H2,1-4H3. The van der Waals surface area contributed by atoms with E-state index in [0.717, 1.165) is 24.0 Å². The molecule has 0 bridgehead atoms. The number of methoxy groups -OCH3 is 2. The van der Waals surface area contributed by atoms with Crippen LogP contribution in [0.2, 0.25) is 0 Å². The lowest BCUT2D eigenvalue weighted by atomic mass is 10.0. The number of nitrogens with one attached hydrogen (secondary N) is 1. The molecule has 1 saturated heterocycles. The normalized spacial score (nSPS) is 16.5. The maximum Gasteiger partial charge on any atom is 0.254 e. The van der Waals surface area contributed by atoms with Gasteiger partial charge in [0.25, 0.3) is 5.91 Å². The number of hydrogen-bond donors (Lipinski definition) is 1. The molecule has 30 heavy (non-hydrogen) atoms. The van der Waals surface area contributed by atoms with E-state index in [9.17, 15) is 13.2 Å². The molecule has 0 aliphatic carbocycles. The molecule has 0 spiro atoms. The second-order valence-corrected chi connectivity index (χ2v) is 9.02. The zero-order chi connectivity index (χ0) is 21.9. The van der Waals surface area contributed by atoms with Gasteiger partial charge in [-0.15, -0.1) is 0 Å². The molecule has 7 nitrogen and oxygen atoms in total. The summed E-state index contributed by atoms with van der Waals surface area (Å²) in [6.07, 6.45) is 1.70. The number of sulfonamides is 1. The van der Waals surface area contributed by atoms with Crippen LogP contribution in [0.25, 0.3) is 0 Å². The molecule has 1 N–H and O–H groups in total. The molecule has 0 radical (unpaired) electrons. The zero-order valence-electron chi connectivity index (χ0n) is 17.8. The van der Waals surface area contributed by atoms with E-state index >= 15 is 0 Å². The number of nitrogens with zero attached hydrogens (tertiary/aromatic N) is 1. The molecule has 1 amide bonds. The van der Waals surface area contributed by atoms with E-state index < -0.39 is 10.0 Å². The Hall–Kier alpha value is -2.58. The van der Waals surface area contributed by atoms with Gasteiger partial charge in [-0.3, -0.25) is 4.79 Å². The van der Waals surface area contributed by atoms with Gasteiger partial charge in [-0.25, -0.2) is 13.1 Å². The summed E-state index contributed by atoms with van der Waals surface area (Å²) in [5.41, 5.74) is 2.11. The van der Waals surface area contributed by atoms with Gasteiger partial charge < -0.3 is 14.4 Å². The van der Waals surface area contributed by atoms with Crippen LogP contribution in [0.1, 0.15) is 47.3 Å². The summed E-state index contributed by atoms with van der Waals surface area (Å²) in [7, 11) is -0.475. The molecule has 3 rings (SSSR count). The largest absolute Gasteiger partial charge is 0.493 e. The molecule has 2 aromatic rings. The van der Waals surface area contributed by atoms with Gasteiger partial charge in [0, 0.05) is 18.7 Å². The van der Waals surface area contributed by atoms with Crippen LogP contribution in [-0.4, -0.2) is 46.5 Å². The molecule has 162 valence electrons. The third-order valence-electron chi connectivity index (χ3n) is 5.39. The number of likely N-dealkylation sites (tertiary alicyclic amines) is 1. The summed E-state index contributed by atoms with van der Waals surface area (Å²) in [5.74, 6) is 1.08. The van der Waals surface area contributed by atoms with Crippen LogP contribution >= 0.6 is 0 Å². The van der Waals surface area contributed by atoms with Crippen LogP contribution in [0.4, 0.5) is 0 Å². The maximum atomic E-state index is 13.4. The predicted molar refractivity (Wildman–Crippen MR) is 115 cm³/mol. The van der Waals surface area contributed by atoms with Crippen LogP contribution in [0.3, 0.4) is 0 Å². The summed E-state index contributed by atoms with van der Waals surface area (Å²) in [6, 6.07) is 10.2. The summed E-state index contributed by atoms with van der Waals surface area (Å²) >= 11 is 0. The SMILES string of the molecule is CCNS(=O)(=O)c1ccc(C)c(C(=O)N2CCCC2c2ccc(OC)c(OC)c2)c1. The van der Waals surface area contributed by atoms with E-state index in [4.69, 9.17) is 9.47 Å². The van der Waals surface area contributed by atoms with Gasteiger partial charge in [0.1, 0.15) is 0 Å². The van der Waals surface area contributed by atoms with Crippen molar-refractivity contribution in [1.82, 2.24) is 9.62 Å². The Morgan fingerprint density at radius 1 is 1.13 bits per heavy atom. The Bertz CT molecular complexity index is 1040. The lowest BCUT2D eigenvalue weighted by Gasteiger charge is -2.26. The van der Waals surface area contributed by atoms with E-state index in [2.05, 4.69) is 4.72 Å². The van der Waals surface area contributed by atoms with Gasteiger partial charge in [-0.05, 0) is 55.2 Å². The van der Waals surface area contributed by atoms with Crippen molar-refractivity contribution < 1.29 is 22.7 Å². The van der Waals surface area contributed by atoms with Gasteiger partial charge in [0.2, 0.25) is 10.0 Å². The van der Waals surface area contributed by atoms with Crippen LogP contribution < -0.4 is 14.2 Å². The van der Waals surface area contributed by atoms with Gasteiger partial charge in [-0.2, -0.15) is 0 Å². The van der Waals surface area contributed by atoms with Crippen LogP contribution in [0.5, 0.6) is 11.5 Å². The highest BCUT2D eigenvalue weighted by molar-refractivity contribution is 7.89. The van der Waals surface area contributed by atoms with Crippen LogP contribution in [0.15, 0.2) is 41.3 Å². The zero-order valence-corrected chi connectivity index (χ0v) is 18.6. The molecule has 0 saturated carbocycles. The van der Waals surface area contributed by atoms with Crippen molar-refractivity contribution >= 4 is 15.9 Å². The Kier molecular flexibility index (Phi) is 6.67. The lowest BCUT2D eigenvalue weighted by Crippen LogP contribution is -2.31. The summed E-state index contributed by atoms with van der Waals surface area (Å²) in [5, 5.41) is 0. The number of benzene rings is 2. The monoisotopic (exact) mass is 432 g/mol. The molecule has 1 unspecified atom stereocenters. The first-order chi connectivity index (χ1) is 14.3. The fraction of sp³-hybridized carbons (Fsp3) is 0.409. The second kappa shape index (κ2) is 9.06. The fourth-order valence-corrected chi connectivity index (χ4v) is 4.91. The maximum absolute atomic E-state index is 13.4. The molecule has 1 aliphatic rings. The number of amides is 1. The highest BCUT2D eigenvalue weighted by Gasteiger charge is 2.32. The van der Waals surface area contributed by atoms with Crippen molar-refractivity contribution in [3.8, 4) is 11.5 Å². The van der Waals surface area contributed by atoms with E-state index in [1.807, 2.05) is 30.0 Å². The average Bonchev–Trinajstić information content (AvgIpc) is 3.22. The Morgan fingerprint density at radius 3 is 2.53 bits per heavy atom. The number of aryl methyl sites for hydroxylation is 1. The van der Waals surface area contributed by atoms with Crippen molar-refractivity contribution in [2.75, 3.05) is 27.3 Å². The molecule has 2 aromatic carbocycles. The van der Waals surface area contributed by atoms with Crippen molar-refractivity contribution in [2.24, 2.45) is 0 Å². The first-order valence-corrected chi connectivity index (χ1v) is 11.4. The minimum atomic E-state index is -3.64. The first kappa shape index (κ1) is 22.1. The van der Waals surface area contributed by atoms with Gasteiger partial charge in [0.15, 0.2) is 11.5 Å². The smallest absolute Gasteiger partial charge is 0.254 e. The van der Waals surface area contributed by atoms with Gasteiger partial charge in [-0.1, -0.05) is 19.1 Å². The Labute approximate surface area is 178 Å². The third-order valence-corrected chi connectivity index (χ3v) is 6.93. The Morgan fingerprint density at radius 2 is 1.87 bits per heavy atom. The van der Waals surface area contributed by atoms with E-state index in [-0.39, 0.29) is 23.4 Å². The second-order valence-electron chi connectivity index (χ2n) is 7.25. The third kappa shape index (κ3) is 4.29.